The van der Waals surface area contributed by atoms with Crippen molar-refractivity contribution in [3.8, 4) is 17.2 Å². The van der Waals surface area contributed by atoms with E-state index < -0.39 is 0 Å². The van der Waals surface area contributed by atoms with E-state index in [-0.39, 0.29) is 18.2 Å². The van der Waals surface area contributed by atoms with Crippen molar-refractivity contribution in [2.45, 2.75) is 18.2 Å². The fourth-order valence-electron chi connectivity index (χ4n) is 4.68. The second-order valence-corrected chi connectivity index (χ2v) is 8.55. The maximum Gasteiger partial charge on any atom is 0.147 e. The molecule has 2 heterocycles. The minimum atomic E-state index is -0.117. The summed E-state index contributed by atoms with van der Waals surface area (Å²) in [4.78, 5) is 7.64. The van der Waals surface area contributed by atoms with Gasteiger partial charge in [-0.2, -0.15) is 0 Å². The van der Waals surface area contributed by atoms with Crippen molar-refractivity contribution in [1.82, 2.24) is 4.90 Å². The van der Waals surface area contributed by atoms with Crippen LogP contribution in [0, 0.1) is 0 Å². The Labute approximate surface area is 205 Å². The molecular formula is C28H30N2O5. The van der Waals surface area contributed by atoms with Gasteiger partial charge in [0.2, 0.25) is 0 Å². The number of ether oxygens (including phenoxy) is 5. The van der Waals surface area contributed by atoms with Crippen molar-refractivity contribution in [3.05, 3.63) is 89.5 Å². The smallest absolute Gasteiger partial charge is 0.147 e. The molecule has 182 valence electrons. The van der Waals surface area contributed by atoms with Crippen LogP contribution >= 0.6 is 0 Å². The van der Waals surface area contributed by atoms with Gasteiger partial charge in [0.25, 0.3) is 0 Å². The predicted octanol–water partition coefficient (Wildman–Crippen LogP) is 4.63. The zero-order chi connectivity index (χ0) is 24.2. The van der Waals surface area contributed by atoms with E-state index in [9.17, 15) is 0 Å². The number of hydrogen-bond acceptors (Lipinski definition) is 7. The number of nitrogens with zero attached hydrogens (tertiary/aromatic N) is 2. The first-order chi connectivity index (χ1) is 17.2. The summed E-state index contributed by atoms with van der Waals surface area (Å²) in [5.74, 6) is 3.37. The first kappa shape index (κ1) is 23.2. The van der Waals surface area contributed by atoms with Gasteiger partial charge in [-0.1, -0.05) is 24.3 Å². The fourth-order valence-corrected chi connectivity index (χ4v) is 4.68. The molecule has 3 aromatic rings. The van der Waals surface area contributed by atoms with Gasteiger partial charge in [-0.25, -0.2) is 0 Å². The Morgan fingerprint density at radius 1 is 0.771 bits per heavy atom. The summed E-state index contributed by atoms with van der Waals surface area (Å²) >= 11 is 0. The zero-order valence-corrected chi connectivity index (χ0v) is 20.2. The van der Waals surface area contributed by atoms with Gasteiger partial charge in [-0.05, 0) is 59.7 Å². The van der Waals surface area contributed by atoms with Crippen LogP contribution in [0.3, 0.4) is 0 Å². The summed E-state index contributed by atoms with van der Waals surface area (Å²) < 4.78 is 27.5. The van der Waals surface area contributed by atoms with E-state index in [1.165, 1.54) is 0 Å². The van der Waals surface area contributed by atoms with Gasteiger partial charge in [-0.15, -0.1) is 0 Å². The van der Waals surface area contributed by atoms with Crippen molar-refractivity contribution < 1.29 is 23.7 Å². The summed E-state index contributed by atoms with van der Waals surface area (Å²) in [7, 11) is 5.03. The molecule has 1 fully saturated rings. The summed E-state index contributed by atoms with van der Waals surface area (Å²) in [6.07, 6.45) is -0.0335. The topological polar surface area (TPSA) is 61.8 Å². The fraction of sp³-hybridized carbons (Fsp3) is 0.321. The third-order valence-corrected chi connectivity index (χ3v) is 6.52. The van der Waals surface area contributed by atoms with Crippen LogP contribution < -0.4 is 14.2 Å². The molecule has 35 heavy (non-hydrogen) atoms. The highest BCUT2D eigenvalue weighted by atomic mass is 16.7. The van der Waals surface area contributed by atoms with Gasteiger partial charge >= 0.3 is 0 Å². The summed E-state index contributed by atoms with van der Waals surface area (Å²) in [5.41, 5.74) is 3.29. The summed E-state index contributed by atoms with van der Waals surface area (Å²) in [6, 6.07) is 24.3. The van der Waals surface area contributed by atoms with Crippen LogP contribution in [0.15, 0.2) is 77.8 Å². The molecule has 3 atom stereocenters. The standard InChI is InChI=1S/C28H30N2O5/c1-31-22-10-4-19(5-11-22)26-27(20-6-12-23(32-2)13-7-20)30(16-25-17-34-18-35-25)28(29-26)21-8-14-24(33-3)15-9-21/h4-15,25-27H,16-18H2,1-3H3. The third kappa shape index (κ3) is 4.83. The molecule has 1 saturated heterocycles. The monoisotopic (exact) mass is 474 g/mol. The molecule has 0 radical (unpaired) electrons. The average molecular weight is 475 g/mol. The lowest BCUT2D eigenvalue weighted by Gasteiger charge is -2.32. The first-order valence-electron chi connectivity index (χ1n) is 11.7. The highest BCUT2D eigenvalue weighted by Gasteiger charge is 2.40. The van der Waals surface area contributed by atoms with Crippen molar-refractivity contribution in [3.63, 3.8) is 0 Å². The van der Waals surface area contributed by atoms with Crippen LogP contribution in [-0.2, 0) is 9.47 Å². The van der Waals surface area contributed by atoms with Gasteiger partial charge < -0.3 is 28.6 Å². The quantitative estimate of drug-likeness (QED) is 0.474. The van der Waals surface area contributed by atoms with Gasteiger partial charge in [0.05, 0.1) is 34.0 Å². The van der Waals surface area contributed by atoms with Crippen molar-refractivity contribution in [1.29, 1.82) is 0 Å². The Kier molecular flexibility index (Phi) is 6.88. The second kappa shape index (κ2) is 10.4. The highest BCUT2D eigenvalue weighted by Crippen LogP contribution is 2.44. The van der Waals surface area contributed by atoms with Crippen LogP contribution in [0.2, 0.25) is 0 Å². The molecule has 2 aliphatic heterocycles. The van der Waals surface area contributed by atoms with E-state index in [4.69, 9.17) is 28.7 Å². The highest BCUT2D eigenvalue weighted by molar-refractivity contribution is 6.00. The SMILES string of the molecule is COc1ccc(C2=NC(c3ccc(OC)cc3)C(c3ccc(OC)cc3)N2CC2COCO2)cc1. The van der Waals surface area contributed by atoms with Crippen molar-refractivity contribution in [2.24, 2.45) is 4.99 Å². The first-order valence-corrected chi connectivity index (χ1v) is 11.7. The molecule has 0 spiro atoms. The van der Waals surface area contributed by atoms with Gasteiger partial charge in [-0.3, -0.25) is 4.99 Å². The van der Waals surface area contributed by atoms with E-state index in [0.29, 0.717) is 19.9 Å². The van der Waals surface area contributed by atoms with Crippen LogP contribution in [0.4, 0.5) is 0 Å². The number of methoxy groups -OCH3 is 3. The van der Waals surface area contributed by atoms with Crippen LogP contribution in [0.25, 0.3) is 0 Å². The Morgan fingerprint density at radius 3 is 1.83 bits per heavy atom. The summed E-state index contributed by atoms with van der Waals surface area (Å²) in [5, 5.41) is 0. The van der Waals surface area contributed by atoms with Crippen molar-refractivity contribution >= 4 is 5.84 Å². The van der Waals surface area contributed by atoms with E-state index in [1.807, 2.05) is 36.4 Å². The van der Waals surface area contributed by atoms with Crippen LogP contribution in [-0.4, -0.2) is 58.1 Å². The predicted molar refractivity (Wildman–Crippen MR) is 133 cm³/mol. The van der Waals surface area contributed by atoms with Crippen LogP contribution in [0.5, 0.6) is 17.2 Å². The minimum Gasteiger partial charge on any atom is -0.497 e. The Bertz CT molecular complexity index is 1140. The Morgan fingerprint density at radius 2 is 1.31 bits per heavy atom. The molecule has 0 aromatic heterocycles. The van der Waals surface area contributed by atoms with Crippen LogP contribution in [0.1, 0.15) is 28.8 Å². The number of rotatable bonds is 8. The molecule has 7 heteroatoms. The molecule has 3 unspecified atom stereocenters. The van der Waals surface area contributed by atoms with E-state index in [1.54, 1.807) is 21.3 Å². The zero-order valence-electron chi connectivity index (χ0n) is 20.2. The number of hydrogen-bond donors (Lipinski definition) is 0. The van der Waals surface area contributed by atoms with E-state index in [0.717, 1.165) is 39.8 Å². The normalized spacial score (nSPS) is 21.6. The van der Waals surface area contributed by atoms with Gasteiger partial charge in [0.1, 0.15) is 42.0 Å². The Balaban J connectivity index is 1.60. The van der Waals surface area contributed by atoms with E-state index in [2.05, 4.69) is 41.3 Å². The number of benzene rings is 3. The molecule has 5 rings (SSSR count). The maximum atomic E-state index is 5.85. The molecule has 0 bridgehead atoms. The lowest BCUT2D eigenvalue weighted by atomic mass is 9.93. The van der Waals surface area contributed by atoms with Gasteiger partial charge in [0, 0.05) is 12.1 Å². The Hall–Kier alpha value is -3.55. The molecule has 0 aliphatic carbocycles. The number of aliphatic imine (C=N–C) groups is 1. The minimum absolute atomic E-state index is 0.0318. The molecular weight excluding hydrogens is 444 g/mol. The second-order valence-electron chi connectivity index (χ2n) is 8.55. The lowest BCUT2D eigenvalue weighted by Crippen LogP contribution is -2.39. The molecule has 3 aromatic carbocycles. The lowest BCUT2D eigenvalue weighted by molar-refractivity contribution is 0.0385. The summed E-state index contributed by atoms with van der Waals surface area (Å²) in [6.45, 7) is 1.55. The molecule has 0 saturated carbocycles. The molecule has 7 nitrogen and oxygen atoms in total. The molecule has 0 N–H and O–H groups in total. The number of amidine groups is 1. The van der Waals surface area contributed by atoms with Gasteiger partial charge in [0.15, 0.2) is 0 Å². The third-order valence-electron chi connectivity index (χ3n) is 6.52. The largest absolute Gasteiger partial charge is 0.497 e. The van der Waals surface area contributed by atoms with E-state index >= 15 is 0 Å². The molecule has 0 amide bonds. The molecule has 2 aliphatic rings. The average Bonchev–Trinajstić information content (AvgIpc) is 3.57. The van der Waals surface area contributed by atoms with Crippen molar-refractivity contribution in [2.75, 3.05) is 41.3 Å². The maximum absolute atomic E-state index is 5.85.